The molecule has 1 atom stereocenters. The summed E-state index contributed by atoms with van der Waals surface area (Å²) in [5.41, 5.74) is 1.75. The minimum atomic E-state index is -0.998. The Hall–Kier alpha value is -3.89. The zero-order valence-corrected chi connectivity index (χ0v) is 17.5. The number of pyridine rings is 1. The van der Waals surface area contributed by atoms with Crippen molar-refractivity contribution in [2.24, 2.45) is 10.9 Å². The predicted octanol–water partition coefficient (Wildman–Crippen LogP) is 1.61. The van der Waals surface area contributed by atoms with E-state index in [2.05, 4.69) is 4.99 Å². The van der Waals surface area contributed by atoms with Crippen LogP contribution in [0.2, 0.25) is 0 Å². The summed E-state index contributed by atoms with van der Waals surface area (Å²) >= 11 is 0. The largest absolute Gasteiger partial charge is 0.494 e. The second-order valence-electron chi connectivity index (χ2n) is 7.55. The summed E-state index contributed by atoms with van der Waals surface area (Å²) in [5.74, 6) is -1.15. The standard InChI is InChI=1S/C21H24N4O7/c1-23-13-16-10-18(4-3-14(16)9-15(21(23)28)11-20(26)27)32-8-2-6-22-19-12-17(25(30)31)5-7-24(19)29/h3-5,7,10,12,15,29H,2,6,8-9,11,13H2,1H3,(H,26,27). The van der Waals surface area contributed by atoms with Crippen LogP contribution in [0.1, 0.15) is 24.0 Å². The summed E-state index contributed by atoms with van der Waals surface area (Å²) in [6.07, 6.45) is 1.84. The van der Waals surface area contributed by atoms with Crippen LogP contribution in [0.4, 0.5) is 5.69 Å². The van der Waals surface area contributed by atoms with Gasteiger partial charge in [-0.2, -0.15) is 4.73 Å². The van der Waals surface area contributed by atoms with Gasteiger partial charge in [0.05, 0.1) is 36.1 Å². The molecule has 0 fully saturated rings. The minimum Gasteiger partial charge on any atom is -0.494 e. The van der Waals surface area contributed by atoms with Crippen LogP contribution in [0.5, 0.6) is 5.75 Å². The fourth-order valence-electron chi connectivity index (χ4n) is 3.56. The Morgan fingerprint density at radius 3 is 2.81 bits per heavy atom. The van der Waals surface area contributed by atoms with Gasteiger partial charge in [0.2, 0.25) is 5.91 Å². The van der Waals surface area contributed by atoms with Crippen LogP contribution in [-0.4, -0.2) is 56.9 Å². The van der Waals surface area contributed by atoms with Crippen LogP contribution in [0.15, 0.2) is 41.5 Å². The molecule has 0 saturated heterocycles. The highest BCUT2D eigenvalue weighted by Crippen LogP contribution is 2.27. The first kappa shape index (κ1) is 22.8. The number of aromatic nitrogens is 1. The predicted molar refractivity (Wildman–Crippen MR) is 111 cm³/mol. The van der Waals surface area contributed by atoms with E-state index < -0.39 is 16.8 Å². The quantitative estimate of drug-likeness (QED) is 0.272. The number of nitrogens with zero attached hydrogens (tertiary/aromatic N) is 4. The van der Waals surface area contributed by atoms with E-state index in [4.69, 9.17) is 9.84 Å². The van der Waals surface area contributed by atoms with E-state index in [0.29, 0.717) is 38.3 Å². The fraction of sp³-hybridized carbons (Fsp3) is 0.381. The first-order chi connectivity index (χ1) is 15.2. The summed E-state index contributed by atoms with van der Waals surface area (Å²) in [5, 5.41) is 29.6. The Balaban J connectivity index is 1.60. The minimum absolute atomic E-state index is 0.0767. The van der Waals surface area contributed by atoms with Crippen LogP contribution in [0.25, 0.3) is 0 Å². The average molecular weight is 444 g/mol. The molecule has 1 aromatic heterocycles. The number of fused-ring (bicyclic) bond motifs is 1. The van der Waals surface area contributed by atoms with Crippen LogP contribution >= 0.6 is 0 Å². The molecule has 0 aliphatic carbocycles. The third-order valence-corrected chi connectivity index (χ3v) is 5.15. The molecule has 0 radical (unpaired) electrons. The van der Waals surface area contributed by atoms with Crippen molar-refractivity contribution in [3.05, 3.63) is 63.3 Å². The molecule has 3 rings (SSSR count). The molecule has 1 aliphatic rings. The third kappa shape index (κ3) is 5.62. The van der Waals surface area contributed by atoms with E-state index in [0.717, 1.165) is 22.1 Å². The molecule has 2 N–H and O–H groups in total. The number of nitro groups is 1. The number of carboxylic acid groups (broad SMARTS) is 1. The topological polar surface area (TPSA) is 148 Å². The van der Waals surface area contributed by atoms with Crippen molar-refractivity contribution in [3.63, 3.8) is 0 Å². The molecule has 0 bridgehead atoms. The molecule has 0 saturated carbocycles. The van der Waals surface area contributed by atoms with Gasteiger partial charge in [0.15, 0.2) is 5.49 Å². The van der Waals surface area contributed by atoms with Crippen LogP contribution < -0.4 is 10.2 Å². The second-order valence-corrected chi connectivity index (χ2v) is 7.55. The summed E-state index contributed by atoms with van der Waals surface area (Å²) in [6, 6.07) is 7.85. The SMILES string of the molecule is CN1Cc2cc(OCCCN=c3cc([N+](=O)[O-])ccn3O)ccc2CC(CC(=O)O)C1=O. The maximum atomic E-state index is 12.4. The van der Waals surface area contributed by atoms with Crippen molar-refractivity contribution in [3.8, 4) is 5.75 Å². The van der Waals surface area contributed by atoms with Crippen LogP contribution in [0.3, 0.4) is 0 Å². The molecule has 2 heterocycles. The Morgan fingerprint density at radius 1 is 1.31 bits per heavy atom. The normalized spacial score (nSPS) is 16.4. The van der Waals surface area contributed by atoms with Crippen molar-refractivity contribution in [2.75, 3.05) is 20.2 Å². The van der Waals surface area contributed by atoms with Gasteiger partial charge in [-0.3, -0.25) is 24.7 Å². The zero-order chi connectivity index (χ0) is 23.3. The van der Waals surface area contributed by atoms with Crippen LogP contribution in [0, 0.1) is 16.0 Å². The lowest BCUT2D eigenvalue weighted by Crippen LogP contribution is -2.32. The van der Waals surface area contributed by atoms with E-state index in [1.165, 1.54) is 17.0 Å². The van der Waals surface area contributed by atoms with Gasteiger partial charge in [-0.15, -0.1) is 0 Å². The number of carboxylic acids is 1. The van der Waals surface area contributed by atoms with Crippen molar-refractivity contribution >= 4 is 17.6 Å². The lowest BCUT2D eigenvalue weighted by Gasteiger charge is -2.18. The van der Waals surface area contributed by atoms with Gasteiger partial charge < -0.3 is 20.0 Å². The lowest BCUT2D eigenvalue weighted by atomic mass is 9.94. The second kappa shape index (κ2) is 9.94. The summed E-state index contributed by atoms with van der Waals surface area (Å²) in [6.45, 7) is 1.000. The molecule has 1 aliphatic heterocycles. The van der Waals surface area contributed by atoms with Gasteiger partial charge in [0, 0.05) is 32.6 Å². The molecule has 170 valence electrons. The van der Waals surface area contributed by atoms with Gasteiger partial charge in [-0.1, -0.05) is 6.07 Å². The summed E-state index contributed by atoms with van der Waals surface area (Å²) < 4.78 is 6.48. The molecular formula is C21H24N4O7. The number of aliphatic carboxylic acids is 1. The van der Waals surface area contributed by atoms with Gasteiger partial charge in [0.25, 0.3) is 5.69 Å². The maximum absolute atomic E-state index is 12.4. The molecule has 1 amide bonds. The number of hydrogen-bond acceptors (Lipinski definition) is 7. The Bertz CT molecular complexity index is 1100. The highest BCUT2D eigenvalue weighted by molar-refractivity contribution is 5.84. The molecule has 0 spiro atoms. The molecule has 1 aromatic carbocycles. The van der Waals surface area contributed by atoms with Gasteiger partial charge in [-0.05, 0) is 29.7 Å². The van der Waals surface area contributed by atoms with Crippen LogP contribution in [-0.2, 0) is 22.6 Å². The van der Waals surface area contributed by atoms with Crippen molar-refractivity contribution in [1.29, 1.82) is 0 Å². The van der Waals surface area contributed by atoms with E-state index >= 15 is 0 Å². The Kier molecular flexibility index (Phi) is 7.08. The Morgan fingerprint density at radius 2 is 2.09 bits per heavy atom. The molecule has 11 heteroatoms. The van der Waals surface area contributed by atoms with E-state index in [1.54, 1.807) is 13.1 Å². The van der Waals surface area contributed by atoms with Crippen molar-refractivity contribution < 1.29 is 29.6 Å². The molecule has 32 heavy (non-hydrogen) atoms. The smallest absolute Gasteiger partial charge is 0.304 e. The monoisotopic (exact) mass is 444 g/mol. The summed E-state index contributed by atoms with van der Waals surface area (Å²) in [7, 11) is 1.66. The number of rotatable bonds is 8. The number of benzene rings is 1. The number of amides is 1. The molecule has 1 unspecified atom stereocenters. The number of hydrogen-bond donors (Lipinski definition) is 2. The Labute approximate surface area is 183 Å². The summed E-state index contributed by atoms with van der Waals surface area (Å²) in [4.78, 5) is 39.5. The number of carbonyl (C=O) groups excluding carboxylic acids is 1. The van der Waals surface area contributed by atoms with E-state index in [-0.39, 0.29) is 23.5 Å². The van der Waals surface area contributed by atoms with E-state index in [9.17, 15) is 24.9 Å². The first-order valence-electron chi connectivity index (χ1n) is 10.0. The van der Waals surface area contributed by atoms with Gasteiger partial charge in [0.1, 0.15) is 5.75 Å². The highest BCUT2D eigenvalue weighted by atomic mass is 16.6. The van der Waals surface area contributed by atoms with Gasteiger partial charge >= 0.3 is 5.97 Å². The highest BCUT2D eigenvalue weighted by Gasteiger charge is 2.29. The lowest BCUT2D eigenvalue weighted by molar-refractivity contribution is -0.385. The van der Waals surface area contributed by atoms with Gasteiger partial charge in [-0.25, -0.2) is 0 Å². The molecule has 2 aromatic rings. The zero-order valence-electron chi connectivity index (χ0n) is 17.5. The fourth-order valence-corrected chi connectivity index (χ4v) is 3.56. The first-order valence-corrected chi connectivity index (χ1v) is 10.0. The van der Waals surface area contributed by atoms with Crippen molar-refractivity contribution in [2.45, 2.75) is 25.8 Å². The molecular weight excluding hydrogens is 420 g/mol. The number of ether oxygens (including phenoxy) is 1. The van der Waals surface area contributed by atoms with E-state index in [1.807, 2.05) is 12.1 Å². The number of carbonyl (C=O) groups is 2. The third-order valence-electron chi connectivity index (χ3n) is 5.15. The van der Waals surface area contributed by atoms with Crippen molar-refractivity contribution in [1.82, 2.24) is 9.63 Å². The maximum Gasteiger partial charge on any atom is 0.304 e. The molecule has 11 nitrogen and oxygen atoms in total. The average Bonchev–Trinajstić information content (AvgIpc) is 2.85.